The van der Waals surface area contributed by atoms with Gasteiger partial charge in [0.25, 0.3) is 0 Å². The zero-order chi connectivity index (χ0) is 13.8. The first-order valence-electron chi connectivity index (χ1n) is 6.40. The highest BCUT2D eigenvalue weighted by Crippen LogP contribution is 2.21. The number of aliphatic hydroxyl groups excluding tert-OH is 1. The van der Waals surface area contributed by atoms with E-state index in [1.165, 1.54) is 5.56 Å². The van der Waals surface area contributed by atoms with Gasteiger partial charge in [0.05, 0.1) is 6.10 Å². The highest BCUT2D eigenvalue weighted by molar-refractivity contribution is 6.30. The first-order valence-corrected chi connectivity index (χ1v) is 6.78. The third-order valence-corrected chi connectivity index (χ3v) is 3.40. The van der Waals surface area contributed by atoms with Gasteiger partial charge in [-0.15, -0.1) is 0 Å². The van der Waals surface area contributed by atoms with Gasteiger partial charge in [-0.3, -0.25) is 0 Å². The molecule has 1 N–H and O–H groups in total. The van der Waals surface area contributed by atoms with Crippen LogP contribution in [0.2, 0.25) is 5.02 Å². The molecule has 2 nitrogen and oxygen atoms in total. The summed E-state index contributed by atoms with van der Waals surface area (Å²) < 4.78 is 0. The van der Waals surface area contributed by atoms with Crippen LogP contribution in [0.1, 0.15) is 32.8 Å². The van der Waals surface area contributed by atoms with Crippen molar-refractivity contribution in [1.29, 1.82) is 0 Å². The normalized spacial score (nSPS) is 13.9. The average Bonchev–Trinajstić information content (AvgIpc) is 2.28. The first-order chi connectivity index (χ1) is 8.29. The van der Waals surface area contributed by atoms with E-state index in [4.69, 9.17) is 11.6 Å². The molecule has 0 saturated heterocycles. The molecule has 0 aliphatic heterocycles. The topological polar surface area (TPSA) is 23.5 Å². The number of hydrogen-bond donors (Lipinski definition) is 1. The molecule has 0 aromatic heterocycles. The Hall–Kier alpha value is -0.570. The van der Waals surface area contributed by atoms with Crippen LogP contribution in [-0.4, -0.2) is 29.7 Å². The Bertz CT molecular complexity index is 356. The fourth-order valence-corrected chi connectivity index (χ4v) is 1.88. The van der Waals surface area contributed by atoms with E-state index in [1.807, 2.05) is 24.3 Å². The van der Waals surface area contributed by atoms with E-state index in [0.717, 1.165) is 24.5 Å². The van der Waals surface area contributed by atoms with Crippen molar-refractivity contribution in [3.8, 4) is 0 Å². The van der Waals surface area contributed by atoms with E-state index in [0.29, 0.717) is 0 Å². The van der Waals surface area contributed by atoms with E-state index < -0.39 is 0 Å². The molecule has 0 aliphatic rings. The lowest BCUT2D eigenvalue weighted by atomic mass is 9.87. The zero-order valence-electron chi connectivity index (χ0n) is 11.8. The van der Waals surface area contributed by atoms with Crippen LogP contribution in [0.15, 0.2) is 24.3 Å². The highest BCUT2D eigenvalue weighted by atomic mass is 35.5. The molecule has 102 valence electrons. The molecule has 18 heavy (non-hydrogen) atoms. The zero-order valence-corrected chi connectivity index (χ0v) is 12.5. The maximum absolute atomic E-state index is 9.99. The van der Waals surface area contributed by atoms with Crippen molar-refractivity contribution in [2.24, 2.45) is 5.41 Å². The van der Waals surface area contributed by atoms with Gasteiger partial charge >= 0.3 is 0 Å². The lowest BCUT2D eigenvalue weighted by Crippen LogP contribution is -2.30. The fraction of sp³-hybridized carbons (Fsp3) is 0.600. The molecule has 1 rings (SSSR count). The Morgan fingerprint density at radius 3 is 2.28 bits per heavy atom. The Labute approximate surface area is 116 Å². The smallest absolute Gasteiger partial charge is 0.0600 e. The minimum absolute atomic E-state index is 0.0406. The summed E-state index contributed by atoms with van der Waals surface area (Å²) in [5, 5.41) is 10.8. The van der Waals surface area contributed by atoms with Crippen LogP contribution in [0.25, 0.3) is 0 Å². The van der Waals surface area contributed by atoms with Gasteiger partial charge in [-0.05, 0) is 36.6 Å². The van der Waals surface area contributed by atoms with E-state index in [1.54, 1.807) is 0 Å². The largest absolute Gasteiger partial charge is 0.393 e. The van der Waals surface area contributed by atoms with Gasteiger partial charge in [-0.2, -0.15) is 0 Å². The molecule has 0 bridgehead atoms. The lowest BCUT2D eigenvalue weighted by Gasteiger charge is -2.27. The van der Waals surface area contributed by atoms with E-state index in [2.05, 4.69) is 32.7 Å². The van der Waals surface area contributed by atoms with Gasteiger partial charge in [0.1, 0.15) is 0 Å². The van der Waals surface area contributed by atoms with Crippen molar-refractivity contribution in [3.63, 3.8) is 0 Å². The Kier molecular flexibility index (Phi) is 5.64. The highest BCUT2D eigenvalue weighted by Gasteiger charge is 2.21. The number of aliphatic hydroxyl groups is 1. The first kappa shape index (κ1) is 15.5. The quantitative estimate of drug-likeness (QED) is 0.883. The van der Waals surface area contributed by atoms with Crippen molar-refractivity contribution in [2.45, 2.75) is 39.8 Å². The van der Waals surface area contributed by atoms with E-state index >= 15 is 0 Å². The Morgan fingerprint density at radius 1 is 1.22 bits per heavy atom. The van der Waals surface area contributed by atoms with E-state index in [9.17, 15) is 5.11 Å². The molecule has 0 aliphatic carbocycles. The predicted molar refractivity (Wildman–Crippen MR) is 77.9 cm³/mol. The summed E-state index contributed by atoms with van der Waals surface area (Å²) in [6, 6.07) is 7.90. The summed E-state index contributed by atoms with van der Waals surface area (Å²) in [5.41, 5.74) is 1.20. The average molecular weight is 270 g/mol. The maximum atomic E-state index is 9.99. The summed E-state index contributed by atoms with van der Waals surface area (Å²) in [6.45, 7) is 7.97. The molecule has 1 aromatic rings. The number of benzene rings is 1. The van der Waals surface area contributed by atoms with Crippen molar-refractivity contribution in [1.82, 2.24) is 4.90 Å². The third kappa shape index (κ3) is 5.38. The minimum Gasteiger partial charge on any atom is -0.393 e. The molecule has 0 spiro atoms. The van der Waals surface area contributed by atoms with Crippen LogP contribution in [0.3, 0.4) is 0 Å². The van der Waals surface area contributed by atoms with Gasteiger partial charge in [-0.25, -0.2) is 0 Å². The summed E-state index contributed by atoms with van der Waals surface area (Å²) in [7, 11) is 2.07. The molecule has 0 saturated carbocycles. The minimum atomic E-state index is -0.259. The van der Waals surface area contributed by atoms with Crippen molar-refractivity contribution >= 4 is 11.6 Å². The summed E-state index contributed by atoms with van der Waals surface area (Å²) in [5.74, 6) is 0. The molecule has 0 amide bonds. The second-order valence-corrected chi connectivity index (χ2v) is 6.47. The van der Waals surface area contributed by atoms with Gasteiger partial charge in [-0.1, -0.05) is 44.5 Å². The molecule has 0 fully saturated rings. The fourth-order valence-electron chi connectivity index (χ4n) is 1.76. The summed E-state index contributed by atoms with van der Waals surface area (Å²) >= 11 is 5.85. The monoisotopic (exact) mass is 269 g/mol. The Balaban J connectivity index is 2.38. The number of hydrogen-bond acceptors (Lipinski definition) is 2. The van der Waals surface area contributed by atoms with Crippen LogP contribution < -0.4 is 0 Å². The van der Waals surface area contributed by atoms with Crippen molar-refractivity contribution in [2.75, 3.05) is 13.6 Å². The molecule has 0 heterocycles. The molecular formula is C15H24ClNO. The van der Waals surface area contributed by atoms with Crippen molar-refractivity contribution < 1.29 is 5.11 Å². The molecule has 3 heteroatoms. The second-order valence-electron chi connectivity index (χ2n) is 6.03. The standard InChI is InChI=1S/C15H24ClNO/c1-15(2,3)14(18)9-10-17(4)11-12-5-7-13(16)8-6-12/h5-8,14,18H,9-11H2,1-4H3. The third-order valence-electron chi connectivity index (χ3n) is 3.15. The predicted octanol–water partition coefficient (Wildman–Crippen LogP) is 3.57. The van der Waals surface area contributed by atoms with Gasteiger partial charge in [0.2, 0.25) is 0 Å². The van der Waals surface area contributed by atoms with E-state index in [-0.39, 0.29) is 11.5 Å². The van der Waals surface area contributed by atoms with Crippen LogP contribution in [-0.2, 0) is 6.54 Å². The van der Waals surface area contributed by atoms with Crippen LogP contribution in [0.5, 0.6) is 0 Å². The SMILES string of the molecule is CN(CCC(O)C(C)(C)C)Cc1ccc(Cl)cc1. The van der Waals surface area contributed by atoms with Crippen molar-refractivity contribution in [3.05, 3.63) is 34.9 Å². The number of nitrogens with zero attached hydrogens (tertiary/aromatic N) is 1. The van der Waals surface area contributed by atoms with Crippen LogP contribution >= 0.6 is 11.6 Å². The maximum Gasteiger partial charge on any atom is 0.0600 e. The van der Waals surface area contributed by atoms with Gasteiger partial charge < -0.3 is 10.0 Å². The number of halogens is 1. The van der Waals surface area contributed by atoms with Crippen LogP contribution in [0.4, 0.5) is 0 Å². The van der Waals surface area contributed by atoms with Gasteiger partial charge in [0, 0.05) is 18.1 Å². The number of rotatable bonds is 5. The molecule has 1 unspecified atom stereocenters. The molecular weight excluding hydrogens is 246 g/mol. The molecule has 1 atom stereocenters. The van der Waals surface area contributed by atoms with Gasteiger partial charge in [0.15, 0.2) is 0 Å². The molecule has 0 radical (unpaired) electrons. The second kappa shape index (κ2) is 6.55. The Morgan fingerprint density at radius 2 is 1.78 bits per heavy atom. The lowest BCUT2D eigenvalue weighted by molar-refractivity contribution is 0.0473. The summed E-state index contributed by atoms with van der Waals surface area (Å²) in [6.07, 6.45) is 0.540. The van der Waals surface area contributed by atoms with Crippen LogP contribution in [0, 0.1) is 5.41 Å². The molecule has 1 aromatic carbocycles. The summed E-state index contributed by atoms with van der Waals surface area (Å²) in [4.78, 5) is 2.22.